The number of alkyl halides is 1. The summed E-state index contributed by atoms with van der Waals surface area (Å²) < 4.78 is 1.41. The molecule has 2 aromatic rings. The number of aromatic nitrogens is 3. The average molecular weight is 260 g/mol. The first-order chi connectivity index (χ1) is 5.40. The van der Waals surface area contributed by atoms with Gasteiger partial charge in [0, 0.05) is 0 Å². The van der Waals surface area contributed by atoms with Gasteiger partial charge in [-0.1, -0.05) is 0 Å². The third-order valence-electron chi connectivity index (χ3n) is 1.50. The molecule has 2 rings (SSSR count). The van der Waals surface area contributed by atoms with Gasteiger partial charge in [0.1, 0.15) is 0 Å². The first-order valence-corrected chi connectivity index (χ1v) is 6.44. The Morgan fingerprint density at radius 2 is 2.09 bits per heavy atom. The predicted molar refractivity (Wildman–Crippen MR) is 38.5 cm³/mol. The Hall–Kier alpha value is -0.650. The standard InChI is InChI=1S/C7H7IN3/c1-8-5-2-3-6-7(4-5)10-11-9-6/h2-4H,1H3,(H,9,10,11)/q-1. The van der Waals surface area contributed by atoms with Gasteiger partial charge in [-0.15, -0.1) is 0 Å². The van der Waals surface area contributed by atoms with Gasteiger partial charge in [0.2, 0.25) is 0 Å². The van der Waals surface area contributed by atoms with E-state index in [2.05, 4.69) is 32.5 Å². The molecular formula is C7H7IN3-. The van der Waals surface area contributed by atoms with E-state index in [4.69, 9.17) is 0 Å². The summed E-state index contributed by atoms with van der Waals surface area (Å²) in [6.07, 6.45) is 0. The van der Waals surface area contributed by atoms with Crippen molar-refractivity contribution in [3.63, 3.8) is 0 Å². The first-order valence-electron chi connectivity index (χ1n) is 3.20. The number of aromatic amines is 1. The minimum atomic E-state index is 0.172. The summed E-state index contributed by atoms with van der Waals surface area (Å²) in [5.74, 6) is 0. The molecular weight excluding hydrogens is 253 g/mol. The van der Waals surface area contributed by atoms with Crippen molar-refractivity contribution in [2.75, 3.05) is 4.93 Å². The normalized spacial score (nSPS) is 11.0. The molecule has 58 valence electrons. The van der Waals surface area contributed by atoms with Crippen molar-refractivity contribution in [2.45, 2.75) is 0 Å². The number of hydrogen-bond donors (Lipinski definition) is 1. The van der Waals surface area contributed by atoms with E-state index in [0.29, 0.717) is 0 Å². The van der Waals surface area contributed by atoms with Crippen LogP contribution in [0.4, 0.5) is 0 Å². The van der Waals surface area contributed by atoms with E-state index in [1.807, 2.05) is 6.07 Å². The molecule has 4 heteroatoms. The summed E-state index contributed by atoms with van der Waals surface area (Å²) in [4.78, 5) is 2.24. The molecule has 11 heavy (non-hydrogen) atoms. The molecule has 0 atom stereocenters. The maximum absolute atomic E-state index is 4.01. The van der Waals surface area contributed by atoms with Crippen LogP contribution in [0.3, 0.4) is 0 Å². The predicted octanol–water partition coefficient (Wildman–Crippen LogP) is -2.15. The SMILES string of the molecule is C[I-]c1ccc2n[nH]nc2c1. The van der Waals surface area contributed by atoms with Gasteiger partial charge < -0.3 is 0 Å². The number of fused-ring (bicyclic) bond motifs is 1. The number of halogens is 1. The number of nitrogens with zero attached hydrogens (tertiary/aromatic N) is 2. The zero-order chi connectivity index (χ0) is 7.68. The zero-order valence-electron chi connectivity index (χ0n) is 6.00. The molecule has 0 aliphatic heterocycles. The molecule has 0 amide bonds. The maximum atomic E-state index is 4.01. The fourth-order valence-corrected chi connectivity index (χ4v) is 2.08. The van der Waals surface area contributed by atoms with Gasteiger partial charge in [0.05, 0.1) is 0 Å². The van der Waals surface area contributed by atoms with Crippen molar-refractivity contribution >= 4 is 11.0 Å². The van der Waals surface area contributed by atoms with E-state index in [1.165, 1.54) is 3.57 Å². The van der Waals surface area contributed by atoms with Gasteiger partial charge in [-0.2, -0.15) is 0 Å². The molecule has 0 aliphatic carbocycles. The van der Waals surface area contributed by atoms with Crippen molar-refractivity contribution in [1.29, 1.82) is 0 Å². The number of rotatable bonds is 1. The summed E-state index contributed by atoms with van der Waals surface area (Å²) in [6, 6.07) is 6.24. The molecule has 0 saturated heterocycles. The number of benzene rings is 1. The van der Waals surface area contributed by atoms with Crippen LogP contribution in [0.1, 0.15) is 0 Å². The van der Waals surface area contributed by atoms with Crippen LogP contribution in [0.15, 0.2) is 18.2 Å². The average Bonchev–Trinajstić information content (AvgIpc) is 2.50. The van der Waals surface area contributed by atoms with E-state index in [1.54, 1.807) is 0 Å². The molecule has 1 heterocycles. The third kappa shape index (κ3) is 1.22. The fraction of sp³-hybridized carbons (Fsp3) is 0.143. The summed E-state index contributed by atoms with van der Waals surface area (Å²) in [7, 11) is 0. The van der Waals surface area contributed by atoms with Crippen LogP contribution >= 0.6 is 0 Å². The molecule has 1 aromatic carbocycles. The second-order valence-electron chi connectivity index (χ2n) is 2.15. The van der Waals surface area contributed by atoms with Crippen LogP contribution in [0.25, 0.3) is 11.0 Å². The van der Waals surface area contributed by atoms with Gasteiger partial charge in [0.15, 0.2) is 0 Å². The fourth-order valence-electron chi connectivity index (χ4n) is 0.931. The summed E-state index contributed by atoms with van der Waals surface area (Å²) in [6.45, 7) is 0. The molecule has 0 radical (unpaired) electrons. The van der Waals surface area contributed by atoms with Crippen molar-refractivity contribution in [2.24, 2.45) is 0 Å². The molecule has 0 bridgehead atoms. The number of H-pyrrole nitrogens is 1. The Morgan fingerprint density at radius 3 is 2.91 bits per heavy atom. The molecule has 0 fully saturated rings. The van der Waals surface area contributed by atoms with Crippen LogP contribution in [0.5, 0.6) is 0 Å². The second-order valence-corrected chi connectivity index (χ2v) is 4.47. The Morgan fingerprint density at radius 1 is 1.27 bits per heavy atom. The van der Waals surface area contributed by atoms with Crippen LogP contribution in [-0.2, 0) is 0 Å². The van der Waals surface area contributed by atoms with E-state index in [0.717, 1.165) is 11.0 Å². The monoisotopic (exact) mass is 260 g/mol. The molecule has 0 unspecified atom stereocenters. The molecule has 0 aliphatic rings. The Bertz CT molecular complexity index is 368. The molecule has 1 N–H and O–H groups in total. The zero-order valence-corrected chi connectivity index (χ0v) is 8.16. The van der Waals surface area contributed by atoms with Crippen molar-refractivity contribution in [3.05, 3.63) is 21.8 Å². The van der Waals surface area contributed by atoms with Crippen LogP contribution < -0.4 is 21.2 Å². The number of nitrogens with one attached hydrogen (secondary N) is 1. The Labute approximate surface area is 74.4 Å². The van der Waals surface area contributed by atoms with E-state index in [-0.39, 0.29) is 21.2 Å². The summed E-state index contributed by atoms with van der Waals surface area (Å²) >= 11 is 0.172. The molecule has 0 saturated carbocycles. The Kier molecular flexibility index (Phi) is 1.77. The van der Waals surface area contributed by atoms with Crippen molar-refractivity contribution in [1.82, 2.24) is 15.4 Å². The molecule has 3 nitrogen and oxygen atoms in total. The van der Waals surface area contributed by atoms with Gasteiger partial charge >= 0.3 is 74.3 Å². The van der Waals surface area contributed by atoms with Gasteiger partial charge in [-0.05, 0) is 0 Å². The van der Waals surface area contributed by atoms with E-state index in [9.17, 15) is 0 Å². The summed E-state index contributed by atoms with van der Waals surface area (Å²) in [5.41, 5.74) is 1.93. The van der Waals surface area contributed by atoms with E-state index >= 15 is 0 Å². The second kappa shape index (κ2) is 2.77. The topological polar surface area (TPSA) is 41.6 Å². The third-order valence-corrected chi connectivity index (χ3v) is 3.41. The van der Waals surface area contributed by atoms with Crippen molar-refractivity contribution in [3.8, 4) is 0 Å². The first kappa shape index (κ1) is 7.02. The van der Waals surface area contributed by atoms with Gasteiger partial charge in [-0.3, -0.25) is 0 Å². The molecule has 1 aromatic heterocycles. The van der Waals surface area contributed by atoms with Crippen LogP contribution in [0.2, 0.25) is 0 Å². The van der Waals surface area contributed by atoms with Crippen LogP contribution in [0, 0.1) is 3.57 Å². The minimum absolute atomic E-state index is 0.172. The van der Waals surface area contributed by atoms with Crippen molar-refractivity contribution < 1.29 is 21.2 Å². The number of hydrogen-bond acceptors (Lipinski definition) is 2. The Balaban J connectivity index is 2.67. The van der Waals surface area contributed by atoms with E-state index < -0.39 is 0 Å². The van der Waals surface area contributed by atoms with Crippen LogP contribution in [-0.4, -0.2) is 20.3 Å². The quantitative estimate of drug-likeness (QED) is 0.469. The molecule has 0 spiro atoms. The van der Waals surface area contributed by atoms with Gasteiger partial charge in [0.25, 0.3) is 0 Å². The van der Waals surface area contributed by atoms with Gasteiger partial charge in [-0.25, -0.2) is 0 Å². The summed E-state index contributed by atoms with van der Waals surface area (Å²) in [5, 5.41) is 10.6.